The molecule has 6 heteroatoms. The Kier molecular flexibility index (Phi) is 5.72. The Balaban J connectivity index is 3.05. The lowest BCUT2D eigenvalue weighted by Crippen LogP contribution is -2.04. The largest absolute Gasteiger partial charge is 0.446 e. The Labute approximate surface area is 116 Å². The van der Waals surface area contributed by atoms with Crippen molar-refractivity contribution in [3.05, 3.63) is 29.3 Å². The van der Waals surface area contributed by atoms with Crippen LogP contribution in [0.25, 0.3) is 0 Å². The monoisotopic (exact) mass is 340 g/mol. The summed E-state index contributed by atoms with van der Waals surface area (Å²) in [5, 5.41) is 0.503. The van der Waals surface area contributed by atoms with Crippen LogP contribution in [0.15, 0.2) is 23.1 Å². The van der Waals surface area contributed by atoms with Crippen molar-refractivity contribution in [3.63, 3.8) is 0 Å². The van der Waals surface area contributed by atoms with Crippen molar-refractivity contribution in [3.8, 4) is 0 Å². The maximum atomic E-state index is 12.4. The van der Waals surface area contributed by atoms with Gasteiger partial charge in [-0.15, -0.1) is 0 Å². The highest BCUT2D eigenvalue weighted by Gasteiger charge is 2.30. The van der Waals surface area contributed by atoms with E-state index in [4.69, 9.17) is 0 Å². The molecular formula is C12H12BrF3OS. The lowest BCUT2D eigenvalue weighted by Gasteiger charge is -2.11. The van der Waals surface area contributed by atoms with Gasteiger partial charge in [0.05, 0.1) is 0 Å². The lowest BCUT2D eigenvalue weighted by molar-refractivity contribution is -0.0328. The first-order valence-electron chi connectivity index (χ1n) is 5.35. The zero-order chi connectivity index (χ0) is 13.8. The number of thioether (sulfide) groups is 1. The second kappa shape index (κ2) is 6.61. The Hall–Kier alpha value is -0.490. The summed E-state index contributed by atoms with van der Waals surface area (Å²) in [6.07, 6.45) is 0.785. The zero-order valence-electron chi connectivity index (χ0n) is 9.68. The van der Waals surface area contributed by atoms with Crippen LogP contribution in [-0.4, -0.2) is 16.6 Å². The van der Waals surface area contributed by atoms with Gasteiger partial charge in [-0.25, -0.2) is 0 Å². The second-order valence-electron chi connectivity index (χ2n) is 3.59. The third-order valence-corrected chi connectivity index (χ3v) is 3.55. The summed E-state index contributed by atoms with van der Waals surface area (Å²) < 4.78 is 37.2. The van der Waals surface area contributed by atoms with E-state index in [2.05, 4.69) is 15.9 Å². The smallest absolute Gasteiger partial charge is 0.294 e. The fourth-order valence-electron chi connectivity index (χ4n) is 1.47. The van der Waals surface area contributed by atoms with Gasteiger partial charge in [0.15, 0.2) is 5.78 Å². The molecule has 1 rings (SSSR count). The summed E-state index contributed by atoms with van der Waals surface area (Å²) in [5.41, 5.74) is -3.40. The van der Waals surface area contributed by atoms with Gasteiger partial charge in [-0.1, -0.05) is 35.0 Å². The summed E-state index contributed by atoms with van der Waals surface area (Å²) >= 11 is 2.97. The highest BCUT2D eigenvalue weighted by atomic mass is 79.9. The third-order valence-electron chi connectivity index (χ3n) is 2.32. The summed E-state index contributed by atoms with van der Waals surface area (Å²) in [6.45, 7) is 1.79. The van der Waals surface area contributed by atoms with Crippen LogP contribution in [0.2, 0.25) is 0 Å². The molecule has 0 N–H and O–H groups in total. The van der Waals surface area contributed by atoms with Gasteiger partial charge < -0.3 is 0 Å². The lowest BCUT2D eigenvalue weighted by atomic mass is 10.1. The highest BCUT2D eigenvalue weighted by molar-refractivity contribution is 9.09. The van der Waals surface area contributed by atoms with Crippen LogP contribution < -0.4 is 0 Å². The maximum absolute atomic E-state index is 12.4. The molecule has 0 heterocycles. The Morgan fingerprint density at radius 2 is 2.06 bits per heavy atom. The summed E-state index contributed by atoms with van der Waals surface area (Å²) in [4.78, 5) is 11.8. The van der Waals surface area contributed by atoms with Crippen LogP contribution in [0, 0.1) is 0 Å². The number of alkyl halides is 4. The predicted octanol–water partition coefficient (Wildman–Crippen LogP) is 4.83. The van der Waals surface area contributed by atoms with E-state index in [1.54, 1.807) is 19.1 Å². The summed E-state index contributed by atoms with van der Waals surface area (Å²) in [5.74, 6) is -0.154. The van der Waals surface area contributed by atoms with E-state index in [0.717, 1.165) is 0 Å². The minimum Gasteiger partial charge on any atom is -0.294 e. The van der Waals surface area contributed by atoms with Crippen molar-refractivity contribution >= 4 is 33.5 Å². The van der Waals surface area contributed by atoms with Crippen LogP contribution in [0.3, 0.4) is 0 Å². The molecule has 0 fully saturated rings. The molecule has 0 saturated carbocycles. The van der Waals surface area contributed by atoms with Crippen LogP contribution in [-0.2, 0) is 6.42 Å². The van der Waals surface area contributed by atoms with Crippen molar-refractivity contribution < 1.29 is 18.0 Å². The molecule has 0 spiro atoms. The first kappa shape index (κ1) is 15.6. The molecule has 0 aliphatic carbocycles. The Morgan fingerprint density at radius 3 is 2.56 bits per heavy atom. The number of ketones is 1. The number of halogens is 4. The molecule has 1 aromatic carbocycles. The fraction of sp³-hybridized carbons (Fsp3) is 0.417. The molecule has 0 saturated heterocycles. The number of Topliss-reactive ketones (excluding diaryl/α,β-unsaturated/α-hetero) is 1. The van der Waals surface area contributed by atoms with E-state index < -0.39 is 5.51 Å². The van der Waals surface area contributed by atoms with E-state index in [1.807, 2.05) is 0 Å². The third kappa shape index (κ3) is 4.65. The quantitative estimate of drug-likeness (QED) is 0.434. The molecule has 1 nitrogen and oxygen atoms in total. The van der Waals surface area contributed by atoms with Crippen molar-refractivity contribution in [1.29, 1.82) is 0 Å². The first-order chi connectivity index (χ1) is 8.37. The molecule has 1 aromatic rings. The van der Waals surface area contributed by atoms with Crippen molar-refractivity contribution in [2.24, 2.45) is 0 Å². The van der Waals surface area contributed by atoms with Gasteiger partial charge in [-0.05, 0) is 29.8 Å². The standard InChI is InChI=1S/C12H12BrF3OS/c1-2-8-3-4-9(10(17)5-6-13)7-11(8)18-12(14,15)16/h3-4,7H,2,5-6H2,1H3. The second-order valence-corrected chi connectivity index (χ2v) is 5.49. The van der Waals surface area contributed by atoms with E-state index in [0.29, 0.717) is 22.9 Å². The molecule has 0 bridgehead atoms. The molecule has 0 radical (unpaired) electrons. The molecule has 0 aliphatic heterocycles. The van der Waals surface area contributed by atoms with Crippen LogP contribution in [0.1, 0.15) is 29.3 Å². The topological polar surface area (TPSA) is 17.1 Å². The number of rotatable bonds is 5. The molecule has 0 aliphatic rings. The van der Waals surface area contributed by atoms with Crippen molar-refractivity contribution in [2.45, 2.75) is 30.2 Å². The van der Waals surface area contributed by atoms with Gasteiger partial charge in [0.1, 0.15) is 0 Å². The first-order valence-corrected chi connectivity index (χ1v) is 7.29. The molecule has 0 aromatic heterocycles. The Bertz CT molecular complexity index is 432. The van der Waals surface area contributed by atoms with Gasteiger partial charge >= 0.3 is 5.51 Å². The van der Waals surface area contributed by atoms with Crippen LogP contribution in [0.5, 0.6) is 0 Å². The number of hydrogen-bond donors (Lipinski definition) is 0. The minimum absolute atomic E-state index is 0.116. The average molecular weight is 341 g/mol. The summed E-state index contributed by atoms with van der Waals surface area (Å²) in [7, 11) is 0. The molecule has 100 valence electrons. The molecule has 0 amide bonds. The van der Waals surface area contributed by atoms with E-state index in [-0.39, 0.29) is 28.9 Å². The van der Waals surface area contributed by atoms with Gasteiger partial charge in [-0.2, -0.15) is 13.2 Å². The number of hydrogen-bond acceptors (Lipinski definition) is 2. The average Bonchev–Trinajstić information content (AvgIpc) is 2.27. The van der Waals surface area contributed by atoms with E-state index in [1.165, 1.54) is 6.07 Å². The van der Waals surface area contributed by atoms with Gasteiger partial charge in [0.25, 0.3) is 0 Å². The minimum atomic E-state index is -4.33. The number of carbonyl (C=O) groups excluding carboxylic acids is 1. The van der Waals surface area contributed by atoms with Crippen LogP contribution >= 0.6 is 27.7 Å². The van der Waals surface area contributed by atoms with Gasteiger partial charge in [0.2, 0.25) is 0 Å². The summed E-state index contributed by atoms with van der Waals surface area (Å²) in [6, 6.07) is 4.52. The predicted molar refractivity (Wildman–Crippen MR) is 70.5 cm³/mol. The molecule has 18 heavy (non-hydrogen) atoms. The van der Waals surface area contributed by atoms with Crippen molar-refractivity contribution in [2.75, 3.05) is 5.33 Å². The fourth-order valence-corrected chi connectivity index (χ4v) is 2.61. The van der Waals surface area contributed by atoms with Crippen LogP contribution in [0.4, 0.5) is 13.2 Å². The maximum Gasteiger partial charge on any atom is 0.446 e. The molecular weight excluding hydrogens is 329 g/mol. The normalized spacial score (nSPS) is 11.6. The van der Waals surface area contributed by atoms with E-state index in [9.17, 15) is 18.0 Å². The number of aryl methyl sites for hydroxylation is 1. The van der Waals surface area contributed by atoms with E-state index >= 15 is 0 Å². The molecule has 0 atom stereocenters. The zero-order valence-corrected chi connectivity index (χ0v) is 12.1. The molecule has 0 unspecified atom stereocenters. The highest BCUT2D eigenvalue weighted by Crippen LogP contribution is 2.39. The van der Waals surface area contributed by atoms with Gasteiger partial charge in [0, 0.05) is 22.2 Å². The SMILES string of the molecule is CCc1ccc(C(=O)CCBr)cc1SC(F)(F)F. The van der Waals surface area contributed by atoms with Crippen molar-refractivity contribution in [1.82, 2.24) is 0 Å². The number of carbonyl (C=O) groups is 1. The number of benzene rings is 1. The van der Waals surface area contributed by atoms with Gasteiger partial charge in [-0.3, -0.25) is 4.79 Å². The Morgan fingerprint density at radius 1 is 1.39 bits per heavy atom.